The van der Waals surface area contributed by atoms with Crippen LogP contribution in [0.2, 0.25) is 0 Å². The Morgan fingerprint density at radius 3 is 2.21 bits per heavy atom. The van der Waals surface area contributed by atoms with Gasteiger partial charge in [-0.2, -0.15) is 0 Å². The second kappa shape index (κ2) is 6.25. The molecule has 3 nitrogen and oxygen atoms in total. The van der Waals surface area contributed by atoms with Gasteiger partial charge in [0.1, 0.15) is 0 Å². The molecule has 3 atom stereocenters. The zero-order chi connectivity index (χ0) is 14.0. The maximum atomic E-state index is 12.2. The van der Waals surface area contributed by atoms with Crippen molar-refractivity contribution in [3.63, 3.8) is 0 Å². The summed E-state index contributed by atoms with van der Waals surface area (Å²) < 4.78 is 0. The largest absolute Gasteiger partial charge is 0.354 e. The Hall–Kier alpha value is -0.570. The van der Waals surface area contributed by atoms with Crippen molar-refractivity contribution < 1.29 is 4.79 Å². The van der Waals surface area contributed by atoms with Gasteiger partial charge in [-0.1, -0.05) is 26.7 Å². The van der Waals surface area contributed by atoms with E-state index in [1.54, 1.807) is 0 Å². The predicted octanol–water partition coefficient (Wildman–Crippen LogP) is 2.52. The highest BCUT2D eigenvalue weighted by Crippen LogP contribution is 2.54. The van der Waals surface area contributed by atoms with E-state index in [2.05, 4.69) is 38.2 Å². The lowest BCUT2D eigenvalue weighted by Crippen LogP contribution is -2.45. The molecule has 1 N–H and O–H groups in total. The monoisotopic (exact) mass is 266 g/mol. The van der Waals surface area contributed by atoms with Gasteiger partial charge >= 0.3 is 0 Å². The number of nitrogens with zero attached hydrogens (tertiary/aromatic N) is 1. The van der Waals surface area contributed by atoms with Crippen LogP contribution in [0.3, 0.4) is 0 Å². The standard InChI is InChI=1S/C16H30N2O/c1-5-11(6-2)15(18(3)4)10-17-16(19)14-8-12-7-13(12)9-14/h11-15H,5-10H2,1-4H3,(H,17,19). The molecule has 0 aromatic rings. The highest BCUT2D eigenvalue weighted by molar-refractivity contribution is 5.79. The van der Waals surface area contributed by atoms with Crippen LogP contribution >= 0.6 is 0 Å². The molecule has 0 saturated heterocycles. The second-order valence-electron chi connectivity index (χ2n) is 6.78. The molecule has 0 heterocycles. The number of fused-ring (bicyclic) bond motifs is 1. The molecule has 0 radical (unpaired) electrons. The van der Waals surface area contributed by atoms with Gasteiger partial charge in [0.05, 0.1) is 0 Å². The molecule has 0 bridgehead atoms. The average Bonchev–Trinajstić information content (AvgIpc) is 3.00. The van der Waals surface area contributed by atoms with Gasteiger partial charge in [0.25, 0.3) is 0 Å². The van der Waals surface area contributed by atoms with E-state index in [4.69, 9.17) is 0 Å². The molecule has 3 unspecified atom stereocenters. The predicted molar refractivity (Wildman–Crippen MR) is 78.9 cm³/mol. The Morgan fingerprint density at radius 1 is 1.16 bits per heavy atom. The fraction of sp³-hybridized carbons (Fsp3) is 0.938. The van der Waals surface area contributed by atoms with Gasteiger partial charge in [-0.05, 0) is 51.1 Å². The Labute approximate surface area is 118 Å². The normalized spacial score (nSPS) is 30.5. The smallest absolute Gasteiger partial charge is 0.223 e. The molecule has 0 aromatic heterocycles. The Balaban J connectivity index is 1.79. The minimum absolute atomic E-state index is 0.310. The molecule has 2 aliphatic rings. The molecular weight excluding hydrogens is 236 g/mol. The zero-order valence-electron chi connectivity index (χ0n) is 13.0. The molecular formula is C16H30N2O. The molecule has 2 rings (SSSR count). The first-order chi connectivity index (χ1) is 9.06. The first kappa shape index (κ1) is 14.8. The molecule has 0 aromatic carbocycles. The van der Waals surface area contributed by atoms with Gasteiger partial charge in [-0.15, -0.1) is 0 Å². The number of hydrogen-bond acceptors (Lipinski definition) is 2. The van der Waals surface area contributed by atoms with Crippen molar-refractivity contribution in [1.29, 1.82) is 0 Å². The van der Waals surface area contributed by atoms with Crippen LogP contribution in [0.4, 0.5) is 0 Å². The molecule has 110 valence electrons. The molecule has 2 fully saturated rings. The van der Waals surface area contributed by atoms with Crippen LogP contribution < -0.4 is 5.32 Å². The topological polar surface area (TPSA) is 32.3 Å². The molecule has 2 aliphatic carbocycles. The van der Waals surface area contributed by atoms with Crippen LogP contribution in [-0.2, 0) is 4.79 Å². The number of carbonyl (C=O) groups is 1. The van der Waals surface area contributed by atoms with Crippen LogP contribution in [0.25, 0.3) is 0 Å². The zero-order valence-corrected chi connectivity index (χ0v) is 13.0. The van der Waals surface area contributed by atoms with Crippen molar-refractivity contribution in [1.82, 2.24) is 10.2 Å². The summed E-state index contributed by atoms with van der Waals surface area (Å²) in [6.07, 6.45) is 6.05. The Morgan fingerprint density at radius 2 is 1.74 bits per heavy atom. The van der Waals surface area contributed by atoms with Crippen molar-refractivity contribution >= 4 is 5.91 Å². The van der Waals surface area contributed by atoms with Gasteiger partial charge in [-0.3, -0.25) is 4.79 Å². The van der Waals surface area contributed by atoms with Crippen molar-refractivity contribution in [3.05, 3.63) is 0 Å². The van der Waals surface area contributed by atoms with Crippen LogP contribution in [-0.4, -0.2) is 37.5 Å². The maximum absolute atomic E-state index is 12.2. The Bertz CT molecular complexity index is 302. The summed E-state index contributed by atoms with van der Waals surface area (Å²) in [7, 11) is 4.25. The molecule has 19 heavy (non-hydrogen) atoms. The molecule has 3 heteroatoms. The van der Waals surface area contributed by atoms with E-state index < -0.39 is 0 Å². The van der Waals surface area contributed by atoms with E-state index in [9.17, 15) is 4.79 Å². The second-order valence-corrected chi connectivity index (χ2v) is 6.78. The summed E-state index contributed by atoms with van der Waals surface area (Å²) in [5, 5.41) is 3.22. The van der Waals surface area contributed by atoms with Gasteiger partial charge in [-0.25, -0.2) is 0 Å². The number of carbonyl (C=O) groups excluding carboxylic acids is 1. The summed E-state index contributed by atoms with van der Waals surface area (Å²) in [6, 6.07) is 0.467. The lowest BCUT2D eigenvalue weighted by molar-refractivity contribution is -0.125. The van der Waals surface area contributed by atoms with E-state index in [-0.39, 0.29) is 0 Å². The molecule has 0 spiro atoms. The van der Waals surface area contributed by atoms with Gasteiger partial charge < -0.3 is 10.2 Å². The highest BCUT2D eigenvalue weighted by Gasteiger charge is 2.47. The summed E-state index contributed by atoms with van der Waals surface area (Å²) in [6.45, 7) is 5.30. The molecule has 0 aliphatic heterocycles. The fourth-order valence-electron chi connectivity index (χ4n) is 3.88. The average molecular weight is 266 g/mol. The number of likely N-dealkylation sites (N-methyl/N-ethyl adjacent to an activating group) is 1. The van der Waals surface area contributed by atoms with E-state index in [1.807, 2.05) is 0 Å². The SMILES string of the molecule is CCC(CC)C(CNC(=O)C1CC2CC2C1)N(C)C. The Kier molecular flexibility index (Phi) is 4.88. The van der Waals surface area contributed by atoms with Gasteiger partial charge in [0, 0.05) is 18.5 Å². The number of nitrogens with one attached hydrogen (secondary N) is 1. The maximum Gasteiger partial charge on any atom is 0.223 e. The van der Waals surface area contributed by atoms with Crippen molar-refractivity contribution in [2.24, 2.45) is 23.7 Å². The fourth-order valence-corrected chi connectivity index (χ4v) is 3.88. The third-order valence-electron chi connectivity index (χ3n) is 5.36. The summed E-state index contributed by atoms with van der Waals surface area (Å²) in [5.74, 6) is 3.07. The van der Waals surface area contributed by atoms with Gasteiger partial charge in [0.2, 0.25) is 5.91 Å². The first-order valence-electron chi connectivity index (χ1n) is 8.00. The van der Waals surface area contributed by atoms with Gasteiger partial charge in [0.15, 0.2) is 0 Å². The van der Waals surface area contributed by atoms with Crippen molar-refractivity contribution in [2.75, 3.05) is 20.6 Å². The number of hydrogen-bond donors (Lipinski definition) is 1. The number of rotatable bonds is 7. The molecule has 2 saturated carbocycles. The van der Waals surface area contributed by atoms with E-state index >= 15 is 0 Å². The minimum Gasteiger partial charge on any atom is -0.354 e. The summed E-state index contributed by atoms with van der Waals surface area (Å²) >= 11 is 0. The minimum atomic E-state index is 0.310. The lowest BCUT2D eigenvalue weighted by Gasteiger charge is -2.32. The lowest BCUT2D eigenvalue weighted by atomic mass is 9.93. The van der Waals surface area contributed by atoms with E-state index in [0.29, 0.717) is 23.8 Å². The van der Waals surface area contributed by atoms with Crippen LogP contribution in [0.1, 0.15) is 46.0 Å². The van der Waals surface area contributed by atoms with Crippen LogP contribution in [0, 0.1) is 23.7 Å². The summed E-state index contributed by atoms with van der Waals surface area (Å²) in [4.78, 5) is 14.5. The quantitative estimate of drug-likeness (QED) is 0.768. The van der Waals surface area contributed by atoms with Crippen molar-refractivity contribution in [2.45, 2.75) is 52.0 Å². The molecule has 1 amide bonds. The number of amides is 1. The summed E-state index contributed by atoms with van der Waals surface area (Å²) in [5.41, 5.74) is 0. The van der Waals surface area contributed by atoms with Crippen LogP contribution in [0.15, 0.2) is 0 Å². The van der Waals surface area contributed by atoms with E-state index in [0.717, 1.165) is 31.2 Å². The highest BCUT2D eigenvalue weighted by atomic mass is 16.1. The third kappa shape index (κ3) is 3.50. The van der Waals surface area contributed by atoms with E-state index in [1.165, 1.54) is 19.3 Å². The van der Waals surface area contributed by atoms with Crippen molar-refractivity contribution in [3.8, 4) is 0 Å². The van der Waals surface area contributed by atoms with Crippen LogP contribution in [0.5, 0.6) is 0 Å². The third-order valence-corrected chi connectivity index (χ3v) is 5.36. The first-order valence-corrected chi connectivity index (χ1v) is 8.00.